The van der Waals surface area contributed by atoms with Crippen LogP contribution in [0, 0.1) is 0 Å². The van der Waals surface area contributed by atoms with Crippen LogP contribution >= 0.6 is 0 Å². The van der Waals surface area contributed by atoms with Gasteiger partial charge in [0.2, 0.25) is 5.91 Å². The van der Waals surface area contributed by atoms with Gasteiger partial charge >= 0.3 is 6.18 Å². The Balaban J connectivity index is 1.89. The quantitative estimate of drug-likeness (QED) is 0.860. The number of carbonyl (C=O) groups excluding carboxylic acids is 1. The zero-order valence-electron chi connectivity index (χ0n) is 11.4. The lowest BCUT2D eigenvalue weighted by Crippen LogP contribution is -2.32. The van der Waals surface area contributed by atoms with Gasteiger partial charge in [-0.2, -0.15) is 13.2 Å². The van der Waals surface area contributed by atoms with Crippen LogP contribution in [0.1, 0.15) is 11.3 Å². The van der Waals surface area contributed by atoms with E-state index in [0.29, 0.717) is 12.2 Å². The third-order valence-electron chi connectivity index (χ3n) is 2.61. The summed E-state index contributed by atoms with van der Waals surface area (Å²) < 4.78 is 37.3. The largest absolute Gasteiger partial charge is 0.405 e. The predicted octanol–water partition coefficient (Wildman–Crippen LogP) is 2.02. The first-order valence-electron chi connectivity index (χ1n) is 6.39. The number of nitrogens with zero attached hydrogens (tertiary/aromatic N) is 3. The second-order valence-corrected chi connectivity index (χ2v) is 4.49. The maximum absolute atomic E-state index is 11.9. The second-order valence-electron chi connectivity index (χ2n) is 4.49. The first-order chi connectivity index (χ1) is 10.4. The molecular weight excluding hydrogens is 297 g/mol. The van der Waals surface area contributed by atoms with Gasteiger partial charge in [-0.1, -0.05) is 35.5 Å². The van der Waals surface area contributed by atoms with E-state index in [0.717, 1.165) is 11.6 Å². The van der Waals surface area contributed by atoms with E-state index in [1.54, 1.807) is 16.2 Å². The van der Waals surface area contributed by atoms with Gasteiger partial charge in [-0.15, -0.1) is 5.10 Å². The van der Waals surface area contributed by atoms with Crippen molar-refractivity contribution in [3.63, 3.8) is 0 Å². The molecular formula is C14H13F3N4O. The third-order valence-corrected chi connectivity index (χ3v) is 2.61. The van der Waals surface area contributed by atoms with E-state index in [9.17, 15) is 18.0 Å². The Kier molecular flexibility index (Phi) is 4.92. The van der Waals surface area contributed by atoms with Crippen LogP contribution in [-0.4, -0.2) is 33.6 Å². The minimum Gasteiger partial charge on any atom is -0.343 e. The first kappa shape index (κ1) is 15.7. The molecule has 116 valence electrons. The van der Waals surface area contributed by atoms with Crippen LogP contribution in [0.2, 0.25) is 0 Å². The van der Waals surface area contributed by atoms with Crippen molar-refractivity contribution in [1.29, 1.82) is 0 Å². The number of rotatable bonds is 5. The van der Waals surface area contributed by atoms with Gasteiger partial charge in [0.15, 0.2) is 0 Å². The van der Waals surface area contributed by atoms with Gasteiger partial charge in [-0.25, -0.2) is 4.68 Å². The maximum Gasteiger partial charge on any atom is 0.405 e. The molecule has 2 aromatic rings. The monoisotopic (exact) mass is 310 g/mol. The van der Waals surface area contributed by atoms with Crippen molar-refractivity contribution in [2.45, 2.75) is 12.7 Å². The van der Waals surface area contributed by atoms with Crippen molar-refractivity contribution in [3.05, 3.63) is 53.9 Å². The molecule has 0 saturated heterocycles. The van der Waals surface area contributed by atoms with Gasteiger partial charge in [-0.3, -0.25) is 4.79 Å². The van der Waals surface area contributed by atoms with E-state index in [-0.39, 0.29) is 0 Å². The molecule has 0 spiro atoms. The summed E-state index contributed by atoms with van der Waals surface area (Å²) in [7, 11) is 0. The van der Waals surface area contributed by atoms with E-state index in [4.69, 9.17) is 0 Å². The summed E-state index contributed by atoms with van der Waals surface area (Å²) in [4.78, 5) is 11.2. The SMILES string of the molecule is O=C(/C=C/c1cn(Cc2ccccc2)nn1)NCC(F)(F)F. The van der Waals surface area contributed by atoms with E-state index in [1.807, 2.05) is 30.3 Å². The molecule has 1 heterocycles. The number of nitrogens with one attached hydrogen (secondary N) is 1. The fraction of sp³-hybridized carbons (Fsp3) is 0.214. The van der Waals surface area contributed by atoms with E-state index in [1.165, 1.54) is 6.08 Å². The summed E-state index contributed by atoms with van der Waals surface area (Å²) in [6, 6.07) is 9.57. The third kappa shape index (κ3) is 5.39. The summed E-state index contributed by atoms with van der Waals surface area (Å²) >= 11 is 0. The number of aromatic nitrogens is 3. The summed E-state index contributed by atoms with van der Waals surface area (Å²) in [5.41, 5.74) is 1.42. The van der Waals surface area contributed by atoms with Gasteiger partial charge in [0.1, 0.15) is 12.2 Å². The maximum atomic E-state index is 11.9. The van der Waals surface area contributed by atoms with Crippen molar-refractivity contribution in [2.24, 2.45) is 0 Å². The molecule has 1 amide bonds. The van der Waals surface area contributed by atoms with Crippen LogP contribution in [0.5, 0.6) is 0 Å². The molecule has 0 unspecified atom stereocenters. The molecule has 0 bridgehead atoms. The molecule has 2 rings (SSSR count). The minimum atomic E-state index is -4.43. The number of hydrogen-bond acceptors (Lipinski definition) is 3. The van der Waals surface area contributed by atoms with E-state index in [2.05, 4.69) is 10.3 Å². The highest BCUT2D eigenvalue weighted by Crippen LogP contribution is 2.12. The zero-order chi connectivity index (χ0) is 16.0. The Morgan fingerprint density at radius 1 is 1.27 bits per heavy atom. The van der Waals surface area contributed by atoms with Crippen LogP contribution in [0.15, 0.2) is 42.6 Å². The summed E-state index contributed by atoms with van der Waals surface area (Å²) in [6.45, 7) is -0.848. The van der Waals surface area contributed by atoms with Crippen LogP contribution in [0.25, 0.3) is 6.08 Å². The van der Waals surface area contributed by atoms with Crippen molar-refractivity contribution in [2.75, 3.05) is 6.54 Å². The average molecular weight is 310 g/mol. The van der Waals surface area contributed by atoms with E-state index >= 15 is 0 Å². The lowest BCUT2D eigenvalue weighted by Gasteiger charge is -2.05. The first-order valence-corrected chi connectivity index (χ1v) is 6.39. The molecule has 1 aromatic carbocycles. The normalized spacial score (nSPS) is 11.8. The van der Waals surface area contributed by atoms with Crippen molar-refractivity contribution in [1.82, 2.24) is 20.3 Å². The fourth-order valence-corrected chi connectivity index (χ4v) is 1.64. The van der Waals surface area contributed by atoms with Crippen molar-refractivity contribution in [3.8, 4) is 0 Å². The fourth-order valence-electron chi connectivity index (χ4n) is 1.64. The minimum absolute atomic E-state index is 0.387. The Morgan fingerprint density at radius 2 is 2.00 bits per heavy atom. The van der Waals surface area contributed by atoms with Crippen LogP contribution in [0.4, 0.5) is 13.2 Å². The molecule has 0 radical (unpaired) electrons. The molecule has 1 aromatic heterocycles. The van der Waals surface area contributed by atoms with Crippen LogP contribution in [0.3, 0.4) is 0 Å². The van der Waals surface area contributed by atoms with Crippen molar-refractivity contribution < 1.29 is 18.0 Å². The number of halogens is 3. The Hall–Kier alpha value is -2.64. The topological polar surface area (TPSA) is 59.8 Å². The van der Waals surface area contributed by atoms with Gasteiger partial charge in [0, 0.05) is 6.08 Å². The molecule has 5 nitrogen and oxygen atoms in total. The second kappa shape index (κ2) is 6.88. The molecule has 0 fully saturated rings. The number of benzene rings is 1. The number of carbonyl (C=O) groups is 1. The molecule has 0 aliphatic rings. The highest BCUT2D eigenvalue weighted by Gasteiger charge is 2.27. The van der Waals surface area contributed by atoms with Crippen LogP contribution in [-0.2, 0) is 11.3 Å². The lowest BCUT2D eigenvalue weighted by molar-refractivity contribution is -0.135. The molecule has 0 aliphatic carbocycles. The van der Waals surface area contributed by atoms with Crippen molar-refractivity contribution >= 4 is 12.0 Å². The van der Waals surface area contributed by atoms with Gasteiger partial charge < -0.3 is 5.32 Å². The summed E-state index contributed by atoms with van der Waals surface area (Å²) in [6.07, 6.45) is -0.536. The standard InChI is InChI=1S/C14H13F3N4O/c15-14(16,17)10-18-13(22)7-6-12-9-21(20-19-12)8-11-4-2-1-3-5-11/h1-7,9H,8,10H2,(H,18,22)/b7-6+. The average Bonchev–Trinajstić information content (AvgIpc) is 2.91. The van der Waals surface area contributed by atoms with Gasteiger partial charge in [0.05, 0.1) is 12.7 Å². The van der Waals surface area contributed by atoms with Gasteiger partial charge in [-0.05, 0) is 11.6 Å². The molecule has 0 aliphatic heterocycles. The number of amides is 1. The van der Waals surface area contributed by atoms with E-state index < -0.39 is 18.6 Å². The molecule has 22 heavy (non-hydrogen) atoms. The molecule has 8 heteroatoms. The van der Waals surface area contributed by atoms with Gasteiger partial charge in [0.25, 0.3) is 0 Å². The Labute approximate surface area is 124 Å². The predicted molar refractivity (Wildman–Crippen MR) is 73.7 cm³/mol. The number of alkyl halides is 3. The summed E-state index contributed by atoms with van der Waals surface area (Å²) in [5.74, 6) is -0.838. The Bertz CT molecular complexity index is 650. The smallest absolute Gasteiger partial charge is 0.343 e. The molecule has 0 atom stereocenters. The van der Waals surface area contributed by atoms with Crippen LogP contribution < -0.4 is 5.32 Å². The molecule has 0 saturated carbocycles. The molecule has 1 N–H and O–H groups in total. The highest BCUT2D eigenvalue weighted by atomic mass is 19.4. The zero-order valence-corrected chi connectivity index (χ0v) is 11.4. The lowest BCUT2D eigenvalue weighted by atomic mass is 10.2. The summed E-state index contributed by atoms with van der Waals surface area (Å²) in [5, 5.41) is 9.43. The highest BCUT2D eigenvalue weighted by molar-refractivity contribution is 5.91. The Morgan fingerprint density at radius 3 is 2.68 bits per heavy atom. The number of hydrogen-bond donors (Lipinski definition) is 1.